The van der Waals surface area contributed by atoms with Gasteiger partial charge in [0.15, 0.2) is 11.4 Å². The van der Waals surface area contributed by atoms with E-state index in [4.69, 9.17) is 56.1 Å². The van der Waals surface area contributed by atoms with E-state index in [0.29, 0.717) is 72.5 Å². The van der Waals surface area contributed by atoms with E-state index < -0.39 is 5.91 Å². The van der Waals surface area contributed by atoms with Gasteiger partial charge in [0.05, 0.1) is 21.4 Å². The van der Waals surface area contributed by atoms with Crippen LogP contribution in [0.4, 0.5) is 11.6 Å². The first kappa shape index (κ1) is 48.0. The molecule has 69 heavy (non-hydrogen) atoms. The number of aromatic nitrogens is 6. The number of benzene rings is 5. The van der Waals surface area contributed by atoms with Crippen molar-refractivity contribution in [3.63, 3.8) is 0 Å². The van der Waals surface area contributed by atoms with Crippen molar-refractivity contribution >= 4 is 69.9 Å². The van der Waals surface area contributed by atoms with Crippen LogP contribution in [-0.2, 0) is 6.61 Å². The quantitative estimate of drug-likeness (QED) is 0.116. The summed E-state index contributed by atoms with van der Waals surface area (Å²) in [6.07, 6.45) is 3.37. The van der Waals surface area contributed by atoms with E-state index in [1.807, 2.05) is 96.6 Å². The third-order valence-corrected chi connectivity index (χ3v) is 11.8. The second kappa shape index (κ2) is 21.2. The maximum atomic E-state index is 13.3. The van der Waals surface area contributed by atoms with Crippen LogP contribution in [0.5, 0.6) is 11.5 Å². The molecule has 0 unspecified atom stereocenters. The highest BCUT2D eigenvalue weighted by atomic mass is 35.5. The number of hydrogen-bond donors (Lipinski definition) is 3. The zero-order valence-electron chi connectivity index (χ0n) is 37.5. The zero-order chi connectivity index (χ0) is 48.8. The minimum atomic E-state index is -0.391. The van der Waals surface area contributed by atoms with Gasteiger partial charge in [-0.2, -0.15) is 0 Å². The van der Waals surface area contributed by atoms with E-state index in [-0.39, 0.29) is 23.0 Å². The van der Waals surface area contributed by atoms with E-state index >= 15 is 0 Å². The predicted octanol–water partition coefficient (Wildman–Crippen LogP) is 13.5. The monoisotopic (exact) mass is 994 g/mol. The van der Waals surface area contributed by atoms with Crippen LogP contribution in [0.1, 0.15) is 49.1 Å². The van der Waals surface area contributed by atoms with Gasteiger partial charge in [-0.15, -0.1) is 0 Å². The lowest BCUT2D eigenvalue weighted by atomic mass is 10.2. The standard InChI is InChI=1S/C30H24Cl2N4O2.C23H18Cl2N4O2/c1-19-8-15-27(33-17-19)34-30(37)28-20(2)36(29(35-28)25-14-9-22(31)16-26(25)32)23-10-12-24(13-11-23)38-18-21-6-4-3-5-7-21;1-13-3-10-20(26-12-13)27-23(31)21-14(2)29(16-5-7-17(30)8-6-16)22(28-21)18-9-4-15(24)11-19(18)25/h3-17H,18H2,1-2H3,(H,33,34,37);3-12,30H,1-2H3,(H,26,27,31). The number of pyridine rings is 2. The molecule has 3 N–H and O–H groups in total. The molecule has 346 valence electrons. The second-order valence-corrected chi connectivity index (χ2v) is 17.5. The molecule has 5 aromatic carbocycles. The van der Waals surface area contributed by atoms with Crippen molar-refractivity contribution in [2.45, 2.75) is 34.3 Å². The molecular formula is C53H42Cl4N8O4. The third-order valence-electron chi connectivity index (χ3n) is 10.7. The molecule has 16 heteroatoms. The molecule has 0 saturated heterocycles. The maximum Gasteiger partial charge on any atom is 0.277 e. The maximum absolute atomic E-state index is 13.3. The molecule has 9 rings (SSSR count). The van der Waals surface area contributed by atoms with Gasteiger partial charge < -0.3 is 20.5 Å². The highest BCUT2D eigenvalue weighted by Gasteiger charge is 2.25. The number of phenolic OH excluding ortho intramolecular Hbond substituents is 1. The number of nitrogens with zero attached hydrogens (tertiary/aromatic N) is 6. The Morgan fingerprint density at radius 1 is 0.565 bits per heavy atom. The van der Waals surface area contributed by atoms with Crippen LogP contribution in [0, 0.1) is 27.7 Å². The van der Waals surface area contributed by atoms with Gasteiger partial charge in [0, 0.05) is 44.9 Å². The predicted molar refractivity (Wildman–Crippen MR) is 274 cm³/mol. The number of halogens is 4. The summed E-state index contributed by atoms with van der Waals surface area (Å²) in [5.74, 6) is 1.97. The van der Waals surface area contributed by atoms with E-state index in [1.165, 1.54) is 0 Å². The molecule has 0 bridgehead atoms. The lowest BCUT2D eigenvalue weighted by Crippen LogP contribution is -2.15. The van der Waals surface area contributed by atoms with Crippen molar-refractivity contribution < 1.29 is 19.4 Å². The highest BCUT2D eigenvalue weighted by molar-refractivity contribution is 6.37. The van der Waals surface area contributed by atoms with E-state index in [0.717, 1.165) is 33.8 Å². The summed E-state index contributed by atoms with van der Waals surface area (Å²) in [5, 5.41) is 17.1. The summed E-state index contributed by atoms with van der Waals surface area (Å²) in [6.45, 7) is 7.96. The summed E-state index contributed by atoms with van der Waals surface area (Å²) in [4.78, 5) is 44.1. The SMILES string of the molecule is Cc1ccc(NC(=O)c2nc(-c3ccc(Cl)cc3Cl)n(-c3ccc(O)cc3)c2C)nc1.Cc1ccc(NC(=O)c2nc(-c3ccc(Cl)cc3Cl)n(-c3ccc(OCc4ccccc4)cc3)c2C)nc1. The Labute approximate surface area is 418 Å². The van der Waals surface area contributed by atoms with Gasteiger partial charge in [-0.3, -0.25) is 18.7 Å². The van der Waals surface area contributed by atoms with Gasteiger partial charge in [-0.25, -0.2) is 19.9 Å². The molecule has 0 fully saturated rings. The van der Waals surface area contributed by atoms with Crippen molar-refractivity contribution in [2.24, 2.45) is 0 Å². The number of anilines is 2. The van der Waals surface area contributed by atoms with Crippen LogP contribution >= 0.6 is 46.4 Å². The molecule has 4 aromatic heterocycles. The highest BCUT2D eigenvalue weighted by Crippen LogP contribution is 2.36. The fourth-order valence-electron chi connectivity index (χ4n) is 7.24. The van der Waals surface area contributed by atoms with Crippen LogP contribution in [0.2, 0.25) is 20.1 Å². The number of phenols is 1. The lowest BCUT2D eigenvalue weighted by molar-refractivity contribution is 0.101. The Kier molecular flexibility index (Phi) is 14.8. The van der Waals surface area contributed by atoms with Gasteiger partial charge in [-0.05, 0) is 141 Å². The number of hydrogen-bond acceptors (Lipinski definition) is 8. The number of aryl methyl sites for hydroxylation is 2. The van der Waals surface area contributed by atoms with E-state index in [9.17, 15) is 14.7 Å². The van der Waals surface area contributed by atoms with Crippen molar-refractivity contribution in [3.8, 4) is 45.6 Å². The normalized spacial score (nSPS) is 10.8. The zero-order valence-corrected chi connectivity index (χ0v) is 40.5. The second-order valence-electron chi connectivity index (χ2n) is 15.8. The molecule has 2 amide bonds. The van der Waals surface area contributed by atoms with Gasteiger partial charge in [0.2, 0.25) is 0 Å². The Morgan fingerprint density at radius 2 is 1.01 bits per heavy atom. The molecule has 0 atom stereocenters. The van der Waals surface area contributed by atoms with Crippen LogP contribution < -0.4 is 15.4 Å². The van der Waals surface area contributed by atoms with Gasteiger partial charge in [-0.1, -0.05) is 88.9 Å². The first-order valence-corrected chi connectivity index (χ1v) is 22.9. The molecule has 0 aliphatic carbocycles. The Hall–Kier alpha value is -7.48. The Morgan fingerprint density at radius 3 is 1.43 bits per heavy atom. The number of carbonyl (C=O) groups is 2. The molecule has 0 aliphatic rings. The van der Waals surface area contributed by atoms with Gasteiger partial charge in [0.1, 0.15) is 41.4 Å². The van der Waals surface area contributed by atoms with Crippen LogP contribution in [0.25, 0.3) is 34.2 Å². The Balaban J connectivity index is 0.000000190. The average Bonchev–Trinajstić information content (AvgIpc) is 3.87. The number of rotatable bonds is 11. The Bertz CT molecular complexity index is 3290. The molecule has 0 radical (unpaired) electrons. The molecule has 0 spiro atoms. The summed E-state index contributed by atoms with van der Waals surface area (Å²) in [5.41, 5.74) is 7.61. The van der Waals surface area contributed by atoms with E-state index in [1.54, 1.807) is 92.1 Å². The smallest absolute Gasteiger partial charge is 0.277 e. The molecule has 0 saturated carbocycles. The van der Waals surface area contributed by atoms with Crippen molar-refractivity contribution in [3.05, 3.63) is 211 Å². The summed E-state index contributed by atoms with van der Waals surface area (Å²) in [7, 11) is 0. The number of nitrogens with one attached hydrogen (secondary N) is 2. The fourth-order valence-corrected chi connectivity index (χ4v) is 8.22. The van der Waals surface area contributed by atoms with Crippen molar-refractivity contribution in [1.82, 2.24) is 29.1 Å². The number of aromatic hydroxyl groups is 1. The summed E-state index contributed by atoms with van der Waals surface area (Å²) < 4.78 is 9.65. The molecule has 4 heterocycles. The van der Waals surface area contributed by atoms with Crippen LogP contribution in [-0.4, -0.2) is 46.0 Å². The minimum absolute atomic E-state index is 0.135. The largest absolute Gasteiger partial charge is 0.508 e. The first-order chi connectivity index (χ1) is 33.2. The fraction of sp³-hybridized carbons (Fsp3) is 0.0943. The van der Waals surface area contributed by atoms with Crippen molar-refractivity contribution in [1.29, 1.82) is 0 Å². The lowest BCUT2D eigenvalue weighted by Gasteiger charge is -2.13. The van der Waals surface area contributed by atoms with Gasteiger partial charge >= 0.3 is 0 Å². The topological polar surface area (TPSA) is 149 Å². The number of carbonyl (C=O) groups excluding carboxylic acids is 2. The van der Waals surface area contributed by atoms with Crippen LogP contribution in [0.3, 0.4) is 0 Å². The average molecular weight is 997 g/mol. The number of ether oxygens (including phenoxy) is 1. The molecular weight excluding hydrogens is 954 g/mol. The number of imidazole rings is 2. The number of amides is 2. The van der Waals surface area contributed by atoms with Crippen molar-refractivity contribution in [2.75, 3.05) is 10.6 Å². The van der Waals surface area contributed by atoms with Crippen LogP contribution in [0.15, 0.2) is 152 Å². The summed E-state index contributed by atoms with van der Waals surface area (Å²) in [6, 6.07) is 41.7. The minimum Gasteiger partial charge on any atom is -0.508 e. The third kappa shape index (κ3) is 11.3. The summed E-state index contributed by atoms with van der Waals surface area (Å²) >= 11 is 25.2. The molecule has 9 aromatic rings. The first-order valence-electron chi connectivity index (χ1n) is 21.4. The molecule has 0 aliphatic heterocycles. The molecule has 12 nitrogen and oxygen atoms in total. The van der Waals surface area contributed by atoms with Gasteiger partial charge in [0.25, 0.3) is 11.8 Å². The van der Waals surface area contributed by atoms with E-state index in [2.05, 4.69) is 25.6 Å².